The monoisotopic (exact) mass is 566 g/mol. The molecule has 0 radical (unpaired) electrons. The minimum Gasteiger partial charge on any atom is -0.710 e. The highest BCUT2D eigenvalue weighted by atomic mass is 19.4. The van der Waals surface area contributed by atoms with Crippen LogP contribution in [0.25, 0.3) is 10.9 Å². The molecule has 2 heterocycles. The zero-order valence-electron chi connectivity index (χ0n) is 22.7. The van der Waals surface area contributed by atoms with Gasteiger partial charge in [0.25, 0.3) is 12.1 Å². The molecule has 4 atom stereocenters. The van der Waals surface area contributed by atoms with E-state index in [-0.39, 0.29) is 40.6 Å². The number of alkyl halides is 3. The van der Waals surface area contributed by atoms with Crippen molar-refractivity contribution in [3.05, 3.63) is 35.3 Å². The number of aromatic nitrogens is 2. The number of nitrogens with one attached hydrogen (secondary N) is 3. The Hall–Kier alpha value is -3.84. The fourth-order valence-corrected chi connectivity index (χ4v) is 5.33. The lowest BCUT2D eigenvalue weighted by Gasteiger charge is -2.41. The van der Waals surface area contributed by atoms with Crippen LogP contribution in [0.5, 0.6) is 0 Å². The standard InChI is InChI=1S/C26H33F3N6O5/c1-14(36)31-19-12-16(32-24(38)40-25(2,3)4)6-8-21(19)34-10-9-18(23(34)37)33-22-17-11-15(26(27,28)29)5-7-20(17)35(39)13-30-22/h5,7,11,13,16,18-19,21H,6,8-10,12H2,1-4H3,(H,30,33)(H,31,36)(H,32,38)/t16-,18+,19+,21+/m1/s1. The van der Waals surface area contributed by atoms with Gasteiger partial charge in [0.15, 0.2) is 0 Å². The topological polar surface area (TPSA) is 140 Å². The Morgan fingerprint density at radius 2 is 1.88 bits per heavy atom. The van der Waals surface area contributed by atoms with E-state index in [0.717, 1.165) is 24.5 Å². The molecule has 4 rings (SSSR count). The largest absolute Gasteiger partial charge is 0.710 e. The molecule has 0 unspecified atom stereocenters. The van der Waals surface area contributed by atoms with Gasteiger partial charge in [-0.3, -0.25) is 9.59 Å². The highest BCUT2D eigenvalue weighted by Gasteiger charge is 2.43. The van der Waals surface area contributed by atoms with E-state index in [2.05, 4.69) is 20.9 Å². The quantitative estimate of drug-likeness (QED) is 0.374. The number of rotatable bonds is 5. The molecule has 1 saturated carbocycles. The molecule has 40 heavy (non-hydrogen) atoms. The first-order valence-corrected chi connectivity index (χ1v) is 13.0. The van der Waals surface area contributed by atoms with Crippen LogP contribution in [0.1, 0.15) is 58.9 Å². The van der Waals surface area contributed by atoms with Gasteiger partial charge in [-0.1, -0.05) is 0 Å². The highest BCUT2D eigenvalue weighted by Crippen LogP contribution is 2.33. The Morgan fingerprint density at radius 3 is 2.52 bits per heavy atom. The number of anilines is 1. The number of nitrogens with zero attached hydrogens (tertiary/aromatic N) is 3. The van der Waals surface area contributed by atoms with E-state index >= 15 is 0 Å². The molecule has 2 aromatic rings. The molecule has 11 nitrogen and oxygen atoms in total. The van der Waals surface area contributed by atoms with E-state index in [1.807, 2.05) is 0 Å². The molecule has 0 spiro atoms. The zero-order chi connectivity index (χ0) is 29.4. The van der Waals surface area contributed by atoms with E-state index in [9.17, 15) is 32.8 Å². The maximum atomic E-state index is 13.5. The average molecular weight is 567 g/mol. The number of alkyl carbamates (subject to hydrolysis) is 1. The van der Waals surface area contributed by atoms with Crippen molar-refractivity contribution in [2.75, 3.05) is 11.9 Å². The molecule has 3 amide bonds. The first-order chi connectivity index (χ1) is 18.6. The van der Waals surface area contributed by atoms with Crippen LogP contribution in [0.3, 0.4) is 0 Å². The molecule has 0 bridgehead atoms. The van der Waals surface area contributed by atoms with Gasteiger partial charge in [0.05, 0.1) is 23.0 Å². The van der Waals surface area contributed by atoms with Crippen molar-refractivity contribution in [2.24, 2.45) is 0 Å². The van der Waals surface area contributed by atoms with Gasteiger partial charge < -0.3 is 30.8 Å². The Kier molecular flexibility index (Phi) is 7.99. The zero-order valence-corrected chi connectivity index (χ0v) is 22.7. The lowest BCUT2D eigenvalue weighted by Crippen LogP contribution is -2.58. The van der Waals surface area contributed by atoms with Gasteiger partial charge in [-0.25, -0.2) is 9.52 Å². The van der Waals surface area contributed by atoms with Crippen LogP contribution in [-0.2, 0) is 20.5 Å². The third-order valence-electron chi connectivity index (χ3n) is 6.98. The summed E-state index contributed by atoms with van der Waals surface area (Å²) in [6.45, 7) is 7.00. The number of carbonyl (C=O) groups excluding carboxylic acids is 3. The first kappa shape index (κ1) is 29.2. The molecular weight excluding hydrogens is 533 g/mol. The fraction of sp³-hybridized carbons (Fsp3) is 0.577. The second-order valence-corrected chi connectivity index (χ2v) is 11.2. The van der Waals surface area contributed by atoms with E-state index in [4.69, 9.17) is 4.74 Å². The van der Waals surface area contributed by atoms with Crippen LogP contribution in [0, 0.1) is 5.21 Å². The Morgan fingerprint density at radius 1 is 1.15 bits per heavy atom. The molecule has 14 heteroatoms. The minimum absolute atomic E-state index is 0.00270. The number of halogens is 3. The van der Waals surface area contributed by atoms with Crippen LogP contribution in [-0.4, -0.2) is 64.1 Å². The van der Waals surface area contributed by atoms with Crippen LogP contribution < -0.4 is 20.7 Å². The maximum absolute atomic E-state index is 13.5. The summed E-state index contributed by atoms with van der Waals surface area (Å²) in [6, 6.07) is 0.891. The fourth-order valence-electron chi connectivity index (χ4n) is 5.33. The van der Waals surface area contributed by atoms with E-state index in [1.165, 1.54) is 6.92 Å². The lowest BCUT2D eigenvalue weighted by molar-refractivity contribution is -0.580. The summed E-state index contributed by atoms with van der Waals surface area (Å²) in [6.07, 6.45) is -2.46. The third kappa shape index (κ3) is 6.65. The van der Waals surface area contributed by atoms with Crippen molar-refractivity contribution >= 4 is 34.6 Å². The van der Waals surface area contributed by atoms with Crippen molar-refractivity contribution in [1.29, 1.82) is 0 Å². The number of likely N-dealkylation sites (tertiary alicyclic amines) is 1. The summed E-state index contributed by atoms with van der Waals surface area (Å²) in [4.78, 5) is 43.3. The van der Waals surface area contributed by atoms with Gasteiger partial charge in [-0.15, -0.1) is 0 Å². The summed E-state index contributed by atoms with van der Waals surface area (Å²) in [5, 5.41) is 20.8. The van der Waals surface area contributed by atoms with Gasteiger partial charge in [0.2, 0.25) is 11.8 Å². The number of hydrogen-bond acceptors (Lipinski definition) is 7. The number of benzene rings is 1. The van der Waals surface area contributed by atoms with Crippen molar-refractivity contribution in [2.45, 2.75) is 89.3 Å². The normalized spacial score (nSPS) is 23.7. The Bertz CT molecular complexity index is 1300. The summed E-state index contributed by atoms with van der Waals surface area (Å²) in [5.41, 5.74) is -1.62. The molecule has 2 fully saturated rings. The second-order valence-electron chi connectivity index (χ2n) is 11.2. The van der Waals surface area contributed by atoms with Crippen LogP contribution in [0.2, 0.25) is 0 Å². The van der Waals surface area contributed by atoms with Gasteiger partial charge in [0, 0.05) is 19.5 Å². The van der Waals surface area contributed by atoms with Crippen LogP contribution in [0.4, 0.5) is 23.8 Å². The Balaban J connectivity index is 1.49. The molecule has 1 aromatic carbocycles. The van der Waals surface area contributed by atoms with Crippen molar-refractivity contribution in [3.8, 4) is 0 Å². The van der Waals surface area contributed by atoms with Gasteiger partial charge in [0.1, 0.15) is 17.2 Å². The summed E-state index contributed by atoms with van der Waals surface area (Å²) in [7, 11) is 0. The van der Waals surface area contributed by atoms with Crippen molar-refractivity contribution in [3.63, 3.8) is 0 Å². The van der Waals surface area contributed by atoms with E-state index in [0.29, 0.717) is 37.0 Å². The molecule has 3 N–H and O–H groups in total. The summed E-state index contributed by atoms with van der Waals surface area (Å²) < 4.78 is 45.7. The van der Waals surface area contributed by atoms with Crippen LogP contribution >= 0.6 is 0 Å². The predicted molar refractivity (Wildman–Crippen MR) is 138 cm³/mol. The van der Waals surface area contributed by atoms with E-state index < -0.39 is 35.5 Å². The molecule has 2 aliphatic rings. The molecule has 1 aliphatic heterocycles. The SMILES string of the molecule is CC(=O)N[C@H]1C[C@H](NC(=O)OC(C)(C)C)CC[C@@H]1N1CC[C@H](Nc2nc[n+]([O-])c3ccc(C(F)(F)F)cc23)C1=O. The number of hydrogen-bond donors (Lipinski definition) is 3. The third-order valence-corrected chi connectivity index (χ3v) is 6.98. The number of ether oxygens (including phenoxy) is 1. The molecule has 1 aliphatic carbocycles. The summed E-state index contributed by atoms with van der Waals surface area (Å²) >= 11 is 0. The highest BCUT2D eigenvalue weighted by molar-refractivity contribution is 5.92. The Labute approximate surface area is 229 Å². The lowest BCUT2D eigenvalue weighted by atomic mass is 9.85. The molecular formula is C26H33F3N6O5. The minimum atomic E-state index is -4.62. The smallest absolute Gasteiger partial charge is 0.416 e. The number of amides is 3. The summed E-state index contributed by atoms with van der Waals surface area (Å²) in [5.74, 6) is -0.572. The van der Waals surface area contributed by atoms with Gasteiger partial charge in [-0.2, -0.15) is 13.2 Å². The molecule has 1 saturated heterocycles. The van der Waals surface area contributed by atoms with Crippen LogP contribution in [0.15, 0.2) is 24.5 Å². The molecule has 1 aromatic heterocycles. The second kappa shape index (κ2) is 11.0. The number of carbonyl (C=O) groups is 3. The van der Waals surface area contributed by atoms with Gasteiger partial charge >= 0.3 is 12.3 Å². The predicted octanol–water partition coefficient (Wildman–Crippen LogP) is 2.85. The maximum Gasteiger partial charge on any atom is 0.416 e. The van der Waals surface area contributed by atoms with E-state index in [1.54, 1.807) is 25.7 Å². The number of fused-ring (bicyclic) bond motifs is 1. The average Bonchev–Trinajstić information content (AvgIpc) is 3.18. The van der Waals surface area contributed by atoms with Crippen molar-refractivity contribution < 1.29 is 37.0 Å². The first-order valence-electron chi connectivity index (χ1n) is 13.0. The molecule has 218 valence electrons. The van der Waals surface area contributed by atoms with Gasteiger partial charge in [-0.05, 0) is 69.6 Å². The van der Waals surface area contributed by atoms with Crippen molar-refractivity contribution in [1.82, 2.24) is 20.5 Å².